The van der Waals surface area contributed by atoms with Gasteiger partial charge in [0, 0.05) is 6.54 Å². The molecule has 0 aliphatic carbocycles. The summed E-state index contributed by atoms with van der Waals surface area (Å²) in [6, 6.07) is 0. The normalized spacial score (nSPS) is 27.5. The molecule has 1 atom stereocenters. The van der Waals surface area contributed by atoms with Gasteiger partial charge < -0.3 is 11.5 Å². The maximum atomic E-state index is 10.6. The van der Waals surface area contributed by atoms with E-state index in [9.17, 15) is 9.59 Å². The van der Waals surface area contributed by atoms with Gasteiger partial charge in [-0.1, -0.05) is 0 Å². The SMILES string of the molecule is CN1CC1(C(N)=O)C(N)=O. The third-order valence-electron chi connectivity index (χ3n) is 1.83. The van der Waals surface area contributed by atoms with E-state index in [0.29, 0.717) is 6.54 Å². The summed E-state index contributed by atoms with van der Waals surface area (Å²) in [6.45, 7) is 0.345. The molecule has 1 aliphatic rings. The van der Waals surface area contributed by atoms with Crippen LogP contribution in [0.2, 0.25) is 0 Å². The lowest BCUT2D eigenvalue weighted by Crippen LogP contribution is -2.46. The van der Waals surface area contributed by atoms with Crippen LogP contribution in [0, 0.1) is 0 Å². The molecule has 1 saturated heterocycles. The zero-order valence-corrected chi connectivity index (χ0v) is 5.63. The molecule has 1 fully saturated rings. The summed E-state index contributed by atoms with van der Waals surface area (Å²) in [7, 11) is 1.62. The molecular formula is C5H9N3O2. The van der Waals surface area contributed by atoms with Crippen molar-refractivity contribution in [3.05, 3.63) is 0 Å². The van der Waals surface area contributed by atoms with Crippen LogP contribution in [-0.2, 0) is 9.59 Å². The summed E-state index contributed by atoms with van der Waals surface area (Å²) in [5.74, 6) is -1.33. The van der Waals surface area contributed by atoms with Crippen molar-refractivity contribution in [3.8, 4) is 0 Å². The van der Waals surface area contributed by atoms with E-state index in [0.717, 1.165) is 0 Å². The van der Waals surface area contributed by atoms with Crippen LogP contribution < -0.4 is 11.5 Å². The fourth-order valence-corrected chi connectivity index (χ4v) is 0.961. The molecule has 0 saturated carbocycles. The standard InChI is InChI=1S/C5H9N3O2/c1-8-2-5(8,3(6)9)4(7)10/h2H2,1H3,(H2,6,9)(H2,7,10). The Balaban J connectivity index is 2.83. The molecule has 10 heavy (non-hydrogen) atoms. The van der Waals surface area contributed by atoms with Crippen LogP contribution in [0.25, 0.3) is 0 Å². The third kappa shape index (κ3) is 0.607. The minimum Gasteiger partial charge on any atom is -0.368 e. The number of amides is 2. The lowest BCUT2D eigenvalue weighted by Gasteiger charge is -2.04. The Morgan fingerprint density at radius 3 is 1.70 bits per heavy atom. The minimum atomic E-state index is -1.18. The molecule has 0 radical (unpaired) electrons. The Morgan fingerprint density at radius 1 is 1.40 bits per heavy atom. The molecule has 0 bridgehead atoms. The van der Waals surface area contributed by atoms with Gasteiger partial charge in [-0.05, 0) is 7.05 Å². The molecule has 0 spiro atoms. The van der Waals surface area contributed by atoms with Gasteiger partial charge in [-0.25, -0.2) is 0 Å². The van der Waals surface area contributed by atoms with Crippen LogP contribution >= 0.6 is 0 Å². The second-order valence-corrected chi connectivity index (χ2v) is 2.44. The monoisotopic (exact) mass is 143 g/mol. The highest BCUT2D eigenvalue weighted by atomic mass is 16.2. The quantitative estimate of drug-likeness (QED) is 0.335. The van der Waals surface area contributed by atoms with Gasteiger partial charge in [0.15, 0.2) is 5.54 Å². The van der Waals surface area contributed by atoms with Crippen LogP contribution in [0.4, 0.5) is 0 Å². The number of hydrogen-bond donors (Lipinski definition) is 2. The summed E-state index contributed by atoms with van der Waals surface area (Å²) in [4.78, 5) is 22.7. The molecule has 2 amide bonds. The molecule has 0 aromatic heterocycles. The molecule has 5 heteroatoms. The van der Waals surface area contributed by atoms with Crippen molar-refractivity contribution in [3.63, 3.8) is 0 Å². The van der Waals surface area contributed by atoms with Crippen molar-refractivity contribution in [2.24, 2.45) is 11.5 Å². The van der Waals surface area contributed by atoms with Crippen LogP contribution in [-0.4, -0.2) is 35.8 Å². The summed E-state index contributed by atoms with van der Waals surface area (Å²) in [6.07, 6.45) is 0. The van der Waals surface area contributed by atoms with E-state index in [-0.39, 0.29) is 0 Å². The van der Waals surface area contributed by atoms with E-state index < -0.39 is 17.4 Å². The van der Waals surface area contributed by atoms with Gasteiger partial charge >= 0.3 is 0 Å². The lowest BCUT2D eigenvalue weighted by molar-refractivity contribution is -0.130. The number of carbonyl (C=O) groups excluding carboxylic acids is 2. The van der Waals surface area contributed by atoms with Gasteiger partial charge in [0.2, 0.25) is 11.8 Å². The van der Waals surface area contributed by atoms with E-state index in [4.69, 9.17) is 11.5 Å². The maximum absolute atomic E-state index is 10.6. The first-order valence-corrected chi connectivity index (χ1v) is 2.83. The highest BCUT2D eigenvalue weighted by Gasteiger charge is 2.60. The molecule has 1 aliphatic heterocycles. The summed E-state index contributed by atoms with van der Waals surface area (Å²) in [5, 5.41) is 0. The van der Waals surface area contributed by atoms with Crippen molar-refractivity contribution < 1.29 is 9.59 Å². The first-order chi connectivity index (χ1) is 4.51. The molecule has 0 aromatic carbocycles. The summed E-state index contributed by atoms with van der Waals surface area (Å²) >= 11 is 0. The Bertz CT molecular complexity index is 187. The first kappa shape index (κ1) is 7.01. The predicted octanol–water partition coefficient (Wildman–Crippen LogP) is -2.36. The number of likely N-dealkylation sites (N-methyl/N-ethyl adjacent to an activating group) is 1. The van der Waals surface area contributed by atoms with E-state index in [1.54, 1.807) is 7.05 Å². The van der Waals surface area contributed by atoms with E-state index in [2.05, 4.69) is 0 Å². The molecule has 1 heterocycles. The van der Waals surface area contributed by atoms with Crippen molar-refractivity contribution >= 4 is 11.8 Å². The summed E-state index contributed by atoms with van der Waals surface area (Å²) < 4.78 is 0. The van der Waals surface area contributed by atoms with Crippen LogP contribution in [0.3, 0.4) is 0 Å². The Morgan fingerprint density at radius 2 is 1.70 bits per heavy atom. The Hall–Kier alpha value is -1.10. The topological polar surface area (TPSA) is 89.2 Å². The number of rotatable bonds is 2. The largest absolute Gasteiger partial charge is 0.368 e. The zero-order chi connectivity index (χ0) is 7.94. The van der Waals surface area contributed by atoms with Crippen molar-refractivity contribution in [2.45, 2.75) is 5.54 Å². The molecule has 4 N–H and O–H groups in total. The van der Waals surface area contributed by atoms with Crippen LogP contribution in [0.15, 0.2) is 0 Å². The van der Waals surface area contributed by atoms with Crippen molar-refractivity contribution in [1.29, 1.82) is 0 Å². The summed E-state index contributed by atoms with van der Waals surface area (Å²) in [5.41, 5.74) is 8.70. The van der Waals surface area contributed by atoms with E-state index in [1.165, 1.54) is 4.90 Å². The molecule has 56 valence electrons. The third-order valence-corrected chi connectivity index (χ3v) is 1.83. The smallest absolute Gasteiger partial charge is 0.249 e. The number of nitrogens with two attached hydrogens (primary N) is 2. The average molecular weight is 143 g/mol. The van der Waals surface area contributed by atoms with Crippen LogP contribution in [0.5, 0.6) is 0 Å². The second-order valence-electron chi connectivity index (χ2n) is 2.44. The molecular weight excluding hydrogens is 134 g/mol. The predicted molar refractivity (Wildman–Crippen MR) is 33.7 cm³/mol. The number of carbonyl (C=O) groups is 2. The fraction of sp³-hybridized carbons (Fsp3) is 0.600. The zero-order valence-electron chi connectivity index (χ0n) is 5.63. The number of hydrogen-bond acceptors (Lipinski definition) is 3. The maximum Gasteiger partial charge on any atom is 0.249 e. The highest BCUT2D eigenvalue weighted by molar-refractivity contribution is 6.11. The molecule has 1 unspecified atom stereocenters. The lowest BCUT2D eigenvalue weighted by atomic mass is 10.1. The van der Waals surface area contributed by atoms with Gasteiger partial charge in [-0.15, -0.1) is 0 Å². The van der Waals surface area contributed by atoms with Crippen molar-refractivity contribution in [2.75, 3.05) is 13.6 Å². The van der Waals surface area contributed by atoms with Gasteiger partial charge in [-0.2, -0.15) is 0 Å². The minimum absolute atomic E-state index is 0.345. The number of nitrogens with zero attached hydrogens (tertiary/aromatic N) is 1. The molecule has 1 rings (SSSR count). The van der Waals surface area contributed by atoms with E-state index in [1.807, 2.05) is 0 Å². The Labute approximate surface area is 58.0 Å². The molecule has 5 nitrogen and oxygen atoms in total. The van der Waals surface area contributed by atoms with Gasteiger partial charge in [0.25, 0.3) is 0 Å². The molecule has 0 aromatic rings. The second kappa shape index (κ2) is 1.69. The van der Waals surface area contributed by atoms with Crippen LogP contribution in [0.1, 0.15) is 0 Å². The fourth-order valence-electron chi connectivity index (χ4n) is 0.961. The average Bonchev–Trinajstić information content (AvgIpc) is 2.42. The van der Waals surface area contributed by atoms with Crippen molar-refractivity contribution in [1.82, 2.24) is 4.90 Å². The Kier molecular flexibility index (Phi) is 1.19. The van der Waals surface area contributed by atoms with Gasteiger partial charge in [0.05, 0.1) is 0 Å². The van der Waals surface area contributed by atoms with Gasteiger partial charge in [0.1, 0.15) is 0 Å². The first-order valence-electron chi connectivity index (χ1n) is 2.83. The van der Waals surface area contributed by atoms with Gasteiger partial charge in [-0.3, -0.25) is 14.5 Å². The number of primary amides is 2. The van der Waals surface area contributed by atoms with E-state index >= 15 is 0 Å². The highest BCUT2D eigenvalue weighted by Crippen LogP contribution is 2.28.